The monoisotopic (exact) mass is 682 g/mol. The first-order valence-electron chi connectivity index (χ1n) is 14.6. The van der Waals surface area contributed by atoms with E-state index < -0.39 is 51.9 Å². The first kappa shape index (κ1) is 30.8. The average Bonchev–Trinajstić information content (AvgIpc) is 3.79. The van der Waals surface area contributed by atoms with Crippen molar-refractivity contribution in [2.24, 2.45) is 16.8 Å². The highest BCUT2D eigenvalue weighted by atomic mass is 35.5. The molecule has 2 aliphatic carbocycles. The Kier molecular flexibility index (Phi) is 7.84. The summed E-state index contributed by atoms with van der Waals surface area (Å²) < 4.78 is 72.6. The number of sulfonamides is 1. The Hall–Kier alpha value is -2.82. The maximum absolute atomic E-state index is 14.1. The maximum Gasteiger partial charge on any atom is 0.333 e. The molecule has 2 aromatic heterocycles. The number of aliphatic hydroxyl groups is 2. The van der Waals surface area contributed by atoms with Crippen LogP contribution in [0.15, 0.2) is 52.7 Å². The molecule has 10 nitrogen and oxygen atoms in total. The lowest BCUT2D eigenvalue weighted by Crippen LogP contribution is -2.52. The third-order valence-electron chi connectivity index (χ3n) is 9.33. The number of alkyl halides is 2. The molecule has 3 aromatic rings. The molecule has 0 amide bonds. The molecule has 4 atom stereocenters. The van der Waals surface area contributed by atoms with E-state index in [-0.39, 0.29) is 48.4 Å². The number of hydrogen-bond acceptors (Lipinski definition) is 9. The standard InChI is InChI=1S/C29H30ClF3N6O4S2/c30-20-9-17(31)3-4-19(20)24-23(21-5-7-39(36-21)28(32)33)22-10-18(13-38(22)26(35-24)27-34-6-8-44-27)37-45(42,43)25-15-1-2-16(25)12-29(41,11-15)14-40/h3-9,15-16,18,24-25,28,37,40-41H,1-2,10-14H2/t15?,16?,18-,24-,25?,29?/m0/s1. The van der Waals surface area contributed by atoms with E-state index in [4.69, 9.17) is 16.6 Å². The molecule has 2 saturated carbocycles. The van der Waals surface area contributed by atoms with Gasteiger partial charge < -0.3 is 15.1 Å². The first-order chi connectivity index (χ1) is 21.5. The van der Waals surface area contributed by atoms with Gasteiger partial charge in [0.05, 0.1) is 23.2 Å². The highest BCUT2D eigenvalue weighted by Gasteiger charge is 2.54. The van der Waals surface area contributed by atoms with Gasteiger partial charge in [0, 0.05) is 58.6 Å². The van der Waals surface area contributed by atoms with Gasteiger partial charge in [-0.15, -0.1) is 11.3 Å². The molecule has 2 bridgehead atoms. The Morgan fingerprint density at radius 3 is 2.58 bits per heavy atom. The molecule has 3 fully saturated rings. The van der Waals surface area contributed by atoms with Crippen molar-refractivity contribution in [1.29, 1.82) is 0 Å². The first-order valence-corrected chi connectivity index (χ1v) is 17.4. The van der Waals surface area contributed by atoms with Crippen LogP contribution in [-0.2, 0) is 10.0 Å². The number of hydrogen-bond donors (Lipinski definition) is 3. The van der Waals surface area contributed by atoms with Gasteiger partial charge in [-0.2, -0.15) is 13.9 Å². The van der Waals surface area contributed by atoms with E-state index in [0.29, 0.717) is 45.2 Å². The summed E-state index contributed by atoms with van der Waals surface area (Å²) in [6.07, 6.45) is 4.70. The molecule has 4 aliphatic rings. The summed E-state index contributed by atoms with van der Waals surface area (Å²) in [7, 11) is -3.87. The number of thiazole rings is 1. The highest BCUT2D eigenvalue weighted by Crippen LogP contribution is 2.50. The van der Waals surface area contributed by atoms with Crippen LogP contribution in [0.2, 0.25) is 5.02 Å². The fraction of sp³-hybridized carbons (Fsp3) is 0.483. The van der Waals surface area contributed by atoms with Crippen molar-refractivity contribution in [2.75, 3.05) is 13.2 Å². The van der Waals surface area contributed by atoms with Crippen LogP contribution in [0.3, 0.4) is 0 Å². The number of amidine groups is 1. The zero-order valence-electron chi connectivity index (χ0n) is 23.7. The topological polar surface area (TPSA) is 133 Å². The summed E-state index contributed by atoms with van der Waals surface area (Å²) in [5, 5.41) is 26.3. The number of aromatic nitrogens is 3. The summed E-state index contributed by atoms with van der Waals surface area (Å²) in [5.41, 5.74) is 0.438. The smallest absolute Gasteiger partial charge is 0.333 e. The normalized spacial score (nSPS) is 29.9. The number of rotatable bonds is 8. The molecule has 1 saturated heterocycles. The molecule has 2 unspecified atom stereocenters. The van der Waals surface area contributed by atoms with Gasteiger partial charge in [-0.3, -0.25) is 4.99 Å². The Labute approximate surface area is 266 Å². The van der Waals surface area contributed by atoms with E-state index >= 15 is 0 Å². The fourth-order valence-corrected chi connectivity index (χ4v) is 10.8. The minimum absolute atomic E-state index is 0.0907. The molecule has 1 aromatic carbocycles. The van der Waals surface area contributed by atoms with Crippen LogP contribution in [0.25, 0.3) is 5.57 Å². The van der Waals surface area contributed by atoms with Crippen molar-refractivity contribution in [3.8, 4) is 0 Å². The number of aliphatic hydroxyl groups excluding tert-OH is 1. The number of fused-ring (bicyclic) bond motifs is 3. The van der Waals surface area contributed by atoms with Crippen molar-refractivity contribution in [3.05, 3.63) is 74.8 Å². The second-order valence-corrected chi connectivity index (χ2v) is 15.4. The van der Waals surface area contributed by atoms with E-state index in [2.05, 4.69) is 14.8 Å². The molecule has 4 heterocycles. The van der Waals surface area contributed by atoms with Gasteiger partial charge in [0.1, 0.15) is 11.9 Å². The van der Waals surface area contributed by atoms with Crippen LogP contribution in [0, 0.1) is 17.7 Å². The van der Waals surface area contributed by atoms with Gasteiger partial charge in [-0.1, -0.05) is 17.7 Å². The van der Waals surface area contributed by atoms with Crippen LogP contribution in [0.1, 0.15) is 61.0 Å². The Bertz CT molecular complexity index is 1770. The van der Waals surface area contributed by atoms with Crippen LogP contribution in [0.4, 0.5) is 13.2 Å². The lowest BCUT2D eigenvalue weighted by atomic mass is 9.77. The van der Waals surface area contributed by atoms with Crippen molar-refractivity contribution in [1.82, 2.24) is 24.4 Å². The van der Waals surface area contributed by atoms with Crippen molar-refractivity contribution in [2.45, 2.75) is 61.6 Å². The van der Waals surface area contributed by atoms with Gasteiger partial charge in [0.25, 0.3) is 0 Å². The molecular weight excluding hydrogens is 653 g/mol. The van der Waals surface area contributed by atoms with Gasteiger partial charge in [-0.25, -0.2) is 27.2 Å². The van der Waals surface area contributed by atoms with Crippen LogP contribution >= 0.6 is 22.9 Å². The average molecular weight is 683 g/mol. The zero-order chi connectivity index (χ0) is 31.7. The van der Waals surface area contributed by atoms with Gasteiger partial charge >= 0.3 is 6.55 Å². The predicted molar refractivity (Wildman–Crippen MR) is 162 cm³/mol. The molecular formula is C29H30ClF3N6O4S2. The third-order valence-corrected chi connectivity index (χ3v) is 12.6. The van der Waals surface area contributed by atoms with Crippen molar-refractivity contribution < 1.29 is 31.8 Å². The summed E-state index contributed by atoms with van der Waals surface area (Å²) in [6, 6.07) is 3.86. The van der Waals surface area contributed by atoms with E-state index in [9.17, 15) is 31.8 Å². The third kappa shape index (κ3) is 5.50. The Morgan fingerprint density at radius 2 is 1.96 bits per heavy atom. The van der Waals surface area contributed by atoms with E-state index in [1.54, 1.807) is 11.6 Å². The van der Waals surface area contributed by atoms with Crippen LogP contribution < -0.4 is 4.72 Å². The second kappa shape index (κ2) is 11.5. The second-order valence-electron chi connectivity index (χ2n) is 12.2. The molecule has 0 spiro atoms. The molecule has 240 valence electrons. The number of nitrogens with one attached hydrogen (secondary N) is 1. The number of nitrogens with zero attached hydrogens (tertiary/aromatic N) is 5. The summed E-state index contributed by atoms with van der Waals surface area (Å²) >= 11 is 7.86. The predicted octanol–water partition coefficient (Wildman–Crippen LogP) is 4.35. The number of halogens is 4. The van der Waals surface area contributed by atoms with E-state index in [1.165, 1.54) is 29.5 Å². The number of benzene rings is 1. The minimum Gasteiger partial charge on any atom is -0.393 e. The maximum atomic E-state index is 14.1. The SMILES string of the molecule is O=S(=O)(N[C@H]1CC2=C(c3ccn(C(F)F)n3)[C@H](c3ccc(F)cc3Cl)N=C(c3nccs3)N2C1)C1C2CCC1CC(O)(CO)C2. The van der Waals surface area contributed by atoms with Crippen LogP contribution in [0.5, 0.6) is 0 Å². The van der Waals surface area contributed by atoms with Crippen molar-refractivity contribution >= 4 is 44.4 Å². The fourth-order valence-electron chi connectivity index (χ4n) is 7.62. The van der Waals surface area contributed by atoms with E-state index in [0.717, 1.165) is 12.3 Å². The molecule has 2 aliphatic heterocycles. The molecule has 7 rings (SSSR count). The largest absolute Gasteiger partial charge is 0.393 e. The Morgan fingerprint density at radius 1 is 1.20 bits per heavy atom. The van der Waals surface area contributed by atoms with Gasteiger partial charge in [0.2, 0.25) is 10.0 Å². The van der Waals surface area contributed by atoms with Gasteiger partial charge in [-0.05, 0) is 55.7 Å². The van der Waals surface area contributed by atoms with Gasteiger partial charge in [0.15, 0.2) is 10.8 Å². The lowest BCUT2D eigenvalue weighted by molar-refractivity contribution is -0.0597. The number of aliphatic imine (C=N–C) groups is 1. The van der Waals surface area contributed by atoms with E-state index in [1.807, 2.05) is 4.90 Å². The quantitative estimate of drug-likeness (QED) is 0.322. The molecule has 0 radical (unpaired) electrons. The Balaban J connectivity index is 1.29. The molecule has 3 N–H and O–H groups in total. The minimum atomic E-state index is -3.87. The summed E-state index contributed by atoms with van der Waals surface area (Å²) in [4.78, 5) is 11.3. The summed E-state index contributed by atoms with van der Waals surface area (Å²) in [6.45, 7) is -3.10. The summed E-state index contributed by atoms with van der Waals surface area (Å²) in [5.74, 6) is -0.665. The lowest BCUT2D eigenvalue weighted by Gasteiger charge is -2.40. The zero-order valence-corrected chi connectivity index (χ0v) is 26.1. The molecule has 16 heteroatoms. The van der Waals surface area contributed by atoms with Crippen LogP contribution in [-0.4, -0.2) is 74.2 Å². The highest BCUT2D eigenvalue weighted by molar-refractivity contribution is 7.90. The van der Waals surface area contributed by atoms with Crippen molar-refractivity contribution in [3.63, 3.8) is 0 Å². The molecule has 45 heavy (non-hydrogen) atoms.